The Labute approximate surface area is 177 Å². The Balaban J connectivity index is 1.99. The highest BCUT2D eigenvalue weighted by Gasteiger charge is 2.23. The molecule has 0 N–H and O–H groups in total. The molecule has 152 valence electrons. The van der Waals surface area contributed by atoms with Crippen LogP contribution in [0.5, 0.6) is 0 Å². The van der Waals surface area contributed by atoms with Crippen molar-refractivity contribution >= 4 is 49.9 Å². The Kier molecular flexibility index (Phi) is 6.79. The largest absolute Gasteiger partial charge is 0.302 e. The maximum atomic E-state index is 13.3. The van der Waals surface area contributed by atoms with Gasteiger partial charge in [-0.2, -0.15) is 0 Å². The molecule has 1 aromatic heterocycles. The fraction of sp³-hybridized carbons (Fsp3) is 0.300. The summed E-state index contributed by atoms with van der Waals surface area (Å²) < 4.78 is 0.882. The van der Waals surface area contributed by atoms with Crippen LogP contribution in [0.3, 0.4) is 0 Å². The van der Waals surface area contributed by atoms with E-state index in [2.05, 4.69) is 23.7 Å². The number of rotatable bonds is 8. The summed E-state index contributed by atoms with van der Waals surface area (Å²) in [6.45, 7) is 6.93. The molecule has 7 nitrogen and oxygen atoms in total. The molecule has 0 unspecified atom stereocenters. The Hall–Kier alpha value is -2.55. The summed E-state index contributed by atoms with van der Waals surface area (Å²) >= 11 is 7.63. The van der Waals surface area contributed by atoms with E-state index in [9.17, 15) is 14.9 Å². The maximum Gasteiger partial charge on any atom is 0.270 e. The van der Waals surface area contributed by atoms with Crippen molar-refractivity contribution in [1.29, 1.82) is 0 Å². The molecule has 0 radical (unpaired) electrons. The number of hydrogen-bond donors (Lipinski definition) is 0. The van der Waals surface area contributed by atoms with Gasteiger partial charge in [-0.05, 0) is 31.3 Å². The summed E-state index contributed by atoms with van der Waals surface area (Å²) in [6.07, 6.45) is 0. The molecule has 0 fully saturated rings. The SMILES string of the molecule is CCN(CC)CCN(C(=O)c1cccc([N+](=O)[O-])c1)c1nc2c(Cl)cccc2s1. The number of benzene rings is 2. The third-order valence-electron chi connectivity index (χ3n) is 4.67. The predicted molar refractivity (Wildman–Crippen MR) is 117 cm³/mol. The molecule has 1 heterocycles. The van der Waals surface area contributed by atoms with Crippen LogP contribution in [0.1, 0.15) is 24.2 Å². The number of nitrogens with zero attached hydrogens (tertiary/aromatic N) is 4. The molecule has 0 saturated heterocycles. The van der Waals surface area contributed by atoms with Crippen molar-refractivity contribution in [3.05, 3.63) is 63.2 Å². The Morgan fingerprint density at radius 1 is 1.17 bits per heavy atom. The number of likely N-dealkylation sites (N-methyl/N-ethyl adjacent to an activating group) is 1. The molecule has 29 heavy (non-hydrogen) atoms. The molecule has 3 rings (SSSR count). The summed E-state index contributed by atoms with van der Waals surface area (Å²) in [5.41, 5.74) is 0.782. The van der Waals surface area contributed by atoms with Crippen LogP contribution in [-0.2, 0) is 0 Å². The Morgan fingerprint density at radius 3 is 2.55 bits per heavy atom. The van der Waals surface area contributed by atoms with E-state index in [1.807, 2.05) is 12.1 Å². The fourth-order valence-electron chi connectivity index (χ4n) is 2.99. The molecule has 0 aliphatic rings. The summed E-state index contributed by atoms with van der Waals surface area (Å²) in [7, 11) is 0. The van der Waals surface area contributed by atoms with E-state index >= 15 is 0 Å². The third kappa shape index (κ3) is 4.72. The van der Waals surface area contributed by atoms with Crippen LogP contribution >= 0.6 is 22.9 Å². The maximum absolute atomic E-state index is 13.3. The lowest BCUT2D eigenvalue weighted by Crippen LogP contribution is -2.38. The van der Waals surface area contributed by atoms with Gasteiger partial charge in [-0.15, -0.1) is 0 Å². The number of carbonyl (C=O) groups excluding carboxylic acids is 1. The summed E-state index contributed by atoms with van der Waals surface area (Å²) in [6, 6.07) is 11.3. The van der Waals surface area contributed by atoms with Crippen molar-refractivity contribution in [1.82, 2.24) is 9.88 Å². The first-order valence-electron chi connectivity index (χ1n) is 9.28. The topological polar surface area (TPSA) is 79.6 Å². The van der Waals surface area contributed by atoms with Gasteiger partial charge in [0.15, 0.2) is 5.13 Å². The number of aromatic nitrogens is 1. The lowest BCUT2D eigenvalue weighted by molar-refractivity contribution is -0.384. The second-order valence-corrected chi connectivity index (χ2v) is 7.79. The Bertz CT molecular complexity index is 1040. The monoisotopic (exact) mass is 432 g/mol. The van der Waals surface area contributed by atoms with Crippen molar-refractivity contribution in [2.24, 2.45) is 0 Å². The highest BCUT2D eigenvalue weighted by Crippen LogP contribution is 2.33. The van der Waals surface area contributed by atoms with Crippen molar-refractivity contribution in [2.75, 3.05) is 31.1 Å². The number of anilines is 1. The van der Waals surface area contributed by atoms with Gasteiger partial charge in [0.1, 0.15) is 5.52 Å². The van der Waals surface area contributed by atoms with Gasteiger partial charge in [0.05, 0.1) is 14.6 Å². The first-order valence-corrected chi connectivity index (χ1v) is 10.5. The molecular formula is C20H21ClN4O3S. The van der Waals surface area contributed by atoms with Crippen LogP contribution in [0.4, 0.5) is 10.8 Å². The van der Waals surface area contributed by atoms with E-state index in [0.29, 0.717) is 28.8 Å². The number of para-hydroxylation sites is 1. The lowest BCUT2D eigenvalue weighted by atomic mass is 10.2. The van der Waals surface area contributed by atoms with Crippen LogP contribution in [0.2, 0.25) is 5.02 Å². The van der Waals surface area contributed by atoms with Crippen molar-refractivity contribution in [3.8, 4) is 0 Å². The van der Waals surface area contributed by atoms with Crippen LogP contribution in [0.25, 0.3) is 10.2 Å². The van der Waals surface area contributed by atoms with Gasteiger partial charge >= 0.3 is 0 Å². The molecule has 3 aromatic rings. The second kappa shape index (κ2) is 9.30. The van der Waals surface area contributed by atoms with Crippen molar-refractivity contribution in [2.45, 2.75) is 13.8 Å². The molecule has 0 saturated carbocycles. The number of halogens is 1. The smallest absolute Gasteiger partial charge is 0.270 e. The molecule has 0 aliphatic heterocycles. The lowest BCUT2D eigenvalue weighted by Gasteiger charge is -2.24. The molecule has 2 aromatic carbocycles. The average Bonchev–Trinajstić information content (AvgIpc) is 3.16. The molecule has 1 amide bonds. The highest BCUT2D eigenvalue weighted by molar-refractivity contribution is 7.22. The number of thiazole rings is 1. The van der Waals surface area contributed by atoms with Gasteiger partial charge in [-0.25, -0.2) is 4.98 Å². The molecule has 9 heteroatoms. The van der Waals surface area contributed by atoms with Gasteiger partial charge in [0, 0.05) is 30.8 Å². The predicted octanol–water partition coefficient (Wildman–Crippen LogP) is 4.85. The zero-order chi connectivity index (χ0) is 21.0. The number of hydrogen-bond acceptors (Lipinski definition) is 6. The third-order valence-corrected chi connectivity index (χ3v) is 6.02. The van der Waals surface area contributed by atoms with Gasteiger partial charge < -0.3 is 4.90 Å². The van der Waals surface area contributed by atoms with Crippen LogP contribution < -0.4 is 4.90 Å². The number of non-ortho nitro benzene ring substituents is 1. The fourth-order valence-corrected chi connectivity index (χ4v) is 4.28. The Morgan fingerprint density at radius 2 is 1.90 bits per heavy atom. The highest BCUT2D eigenvalue weighted by atomic mass is 35.5. The van der Waals surface area contributed by atoms with E-state index in [1.54, 1.807) is 17.0 Å². The van der Waals surface area contributed by atoms with Crippen molar-refractivity contribution in [3.63, 3.8) is 0 Å². The number of amides is 1. The zero-order valence-corrected chi connectivity index (χ0v) is 17.7. The van der Waals surface area contributed by atoms with Gasteiger partial charge in [0.2, 0.25) is 0 Å². The minimum Gasteiger partial charge on any atom is -0.302 e. The molecular weight excluding hydrogens is 412 g/mol. The van der Waals surface area contributed by atoms with Crippen LogP contribution in [0, 0.1) is 10.1 Å². The summed E-state index contributed by atoms with van der Waals surface area (Å²) in [4.78, 5) is 32.3. The van der Waals surface area contributed by atoms with E-state index < -0.39 is 4.92 Å². The average molecular weight is 433 g/mol. The quantitative estimate of drug-likeness (QED) is 0.375. The van der Waals surface area contributed by atoms with Crippen LogP contribution in [-0.4, -0.2) is 46.9 Å². The zero-order valence-electron chi connectivity index (χ0n) is 16.2. The molecule has 0 spiro atoms. The first-order chi connectivity index (χ1) is 13.9. The number of fused-ring (bicyclic) bond motifs is 1. The van der Waals surface area contributed by atoms with E-state index in [0.717, 1.165) is 17.8 Å². The minimum absolute atomic E-state index is 0.119. The molecule has 0 bridgehead atoms. The standard InChI is InChI=1S/C20H21ClN4O3S/c1-3-23(4-2)11-12-24(19(26)14-7-5-8-15(13-14)25(27)28)20-22-18-16(21)9-6-10-17(18)29-20/h5-10,13H,3-4,11-12H2,1-2H3. The van der Waals surface area contributed by atoms with Crippen LogP contribution in [0.15, 0.2) is 42.5 Å². The van der Waals surface area contributed by atoms with Crippen molar-refractivity contribution < 1.29 is 9.72 Å². The second-order valence-electron chi connectivity index (χ2n) is 6.37. The van der Waals surface area contributed by atoms with Gasteiger partial charge in [-0.1, -0.05) is 48.9 Å². The van der Waals surface area contributed by atoms with E-state index in [1.165, 1.54) is 29.5 Å². The number of carbonyl (C=O) groups is 1. The van der Waals surface area contributed by atoms with E-state index in [4.69, 9.17) is 11.6 Å². The number of nitro groups is 1. The summed E-state index contributed by atoms with van der Waals surface area (Å²) in [5, 5.41) is 12.2. The normalized spacial score (nSPS) is 11.2. The molecule has 0 atom stereocenters. The number of nitro benzene ring substituents is 1. The van der Waals surface area contributed by atoms with Gasteiger partial charge in [-0.3, -0.25) is 19.8 Å². The van der Waals surface area contributed by atoms with E-state index in [-0.39, 0.29) is 17.2 Å². The molecule has 0 aliphatic carbocycles. The first kappa shape index (κ1) is 21.2. The summed E-state index contributed by atoms with van der Waals surface area (Å²) in [5.74, 6) is -0.323. The van der Waals surface area contributed by atoms with Gasteiger partial charge in [0.25, 0.3) is 11.6 Å². The minimum atomic E-state index is -0.505.